The number of benzene rings is 1. The van der Waals surface area contributed by atoms with Gasteiger partial charge in [0.05, 0.1) is 4.47 Å². The lowest BCUT2D eigenvalue weighted by atomic mass is 9.92. The fourth-order valence-corrected chi connectivity index (χ4v) is 3.04. The maximum atomic E-state index is 13.9. The third-order valence-corrected chi connectivity index (χ3v) is 4.40. The van der Waals surface area contributed by atoms with Crippen molar-refractivity contribution in [2.75, 3.05) is 0 Å². The maximum absolute atomic E-state index is 13.9. The summed E-state index contributed by atoms with van der Waals surface area (Å²) in [6.07, 6.45) is -0.286. The number of hydrogen-bond acceptors (Lipinski definition) is 2. The molecule has 0 bridgehead atoms. The van der Waals surface area contributed by atoms with Gasteiger partial charge in [-0.1, -0.05) is 0 Å². The minimum Gasteiger partial charge on any atom is -0.271 e. The van der Waals surface area contributed by atoms with E-state index in [4.69, 9.17) is 5.84 Å². The van der Waals surface area contributed by atoms with Gasteiger partial charge in [-0.25, -0.2) is 17.6 Å². The number of hydrogen-bond donors (Lipinski definition) is 2. The van der Waals surface area contributed by atoms with Gasteiger partial charge in [-0.05, 0) is 46.8 Å². The summed E-state index contributed by atoms with van der Waals surface area (Å²) in [6.45, 7) is 0. The number of halogens is 5. The van der Waals surface area contributed by atoms with E-state index < -0.39 is 29.5 Å². The average Bonchev–Trinajstić information content (AvgIpc) is 2.75. The van der Waals surface area contributed by atoms with Crippen LogP contribution in [0.2, 0.25) is 0 Å². The van der Waals surface area contributed by atoms with E-state index >= 15 is 0 Å². The summed E-state index contributed by atoms with van der Waals surface area (Å²) < 4.78 is 54.2. The lowest BCUT2D eigenvalue weighted by molar-refractivity contribution is 0.00329. The third kappa shape index (κ3) is 3.32. The number of rotatable bonds is 4. The van der Waals surface area contributed by atoms with Crippen LogP contribution in [-0.4, -0.2) is 12.0 Å². The summed E-state index contributed by atoms with van der Waals surface area (Å²) in [5, 5.41) is 0. The minimum atomic E-state index is -2.71. The van der Waals surface area contributed by atoms with Crippen LogP contribution in [-0.2, 0) is 6.42 Å². The second-order valence-corrected chi connectivity index (χ2v) is 6.01. The molecule has 2 atom stereocenters. The van der Waals surface area contributed by atoms with Crippen LogP contribution in [0.3, 0.4) is 0 Å². The van der Waals surface area contributed by atoms with Crippen molar-refractivity contribution >= 4 is 15.9 Å². The van der Waals surface area contributed by atoms with Crippen LogP contribution in [0.5, 0.6) is 0 Å². The zero-order valence-corrected chi connectivity index (χ0v) is 12.2. The molecule has 2 nitrogen and oxygen atoms in total. The first-order valence-electron chi connectivity index (χ1n) is 6.30. The van der Waals surface area contributed by atoms with Crippen LogP contribution in [0, 0.1) is 17.6 Å². The first-order valence-corrected chi connectivity index (χ1v) is 7.09. The Morgan fingerprint density at radius 1 is 1.40 bits per heavy atom. The Morgan fingerprint density at radius 3 is 2.65 bits per heavy atom. The monoisotopic (exact) mass is 354 g/mol. The zero-order chi connectivity index (χ0) is 14.9. The molecule has 0 aromatic heterocycles. The van der Waals surface area contributed by atoms with Gasteiger partial charge in [-0.2, -0.15) is 0 Å². The van der Waals surface area contributed by atoms with Crippen molar-refractivity contribution in [2.45, 2.75) is 37.6 Å². The van der Waals surface area contributed by atoms with Crippen molar-refractivity contribution in [3.05, 3.63) is 33.8 Å². The van der Waals surface area contributed by atoms with Crippen LogP contribution in [0.15, 0.2) is 16.6 Å². The fraction of sp³-hybridized carbons (Fsp3) is 0.538. The maximum Gasteiger partial charge on any atom is 0.248 e. The van der Waals surface area contributed by atoms with Gasteiger partial charge in [0.2, 0.25) is 5.92 Å². The first-order chi connectivity index (χ1) is 9.34. The van der Waals surface area contributed by atoms with E-state index in [1.807, 2.05) is 0 Å². The molecule has 2 rings (SSSR count). The van der Waals surface area contributed by atoms with Crippen LogP contribution < -0.4 is 11.3 Å². The van der Waals surface area contributed by atoms with E-state index in [-0.39, 0.29) is 29.3 Å². The number of nitrogens with one attached hydrogen (secondary N) is 1. The van der Waals surface area contributed by atoms with E-state index in [9.17, 15) is 17.6 Å². The van der Waals surface area contributed by atoms with E-state index in [1.54, 1.807) is 0 Å². The van der Waals surface area contributed by atoms with E-state index in [0.29, 0.717) is 6.42 Å². The normalized spacial score (nSPS) is 23.0. The van der Waals surface area contributed by atoms with Crippen LogP contribution >= 0.6 is 15.9 Å². The Morgan fingerprint density at radius 2 is 2.10 bits per heavy atom. The van der Waals surface area contributed by atoms with Gasteiger partial charge in [0.1, 0.15) is 11.6 Å². The van der Waals surface area contributed by atoms with Gasteiger partial charge >= 0.3 is 0 Å². The predicted octanol–water partition coefficient (Wildman–Crippen LogP) is 3.54. The van der Waals surface area contributed by atoms with Crippen molar-refractivity contribution in [2.24, 2.45) is 11.8 Å². The van der Waals surface area contributed by atoms with Gasteiger partial charge in [-0.3, -0.25) is 11.3 Å². The summed E-state index contributed by atoms with van der Waals surface area (Å²) in [7, 11) is 0. The molecule has 7 heteroatoms. The Bertz CT molecular complexity index is 496. The van der Waals surface area contributed by atoms with Crippen LogP contribution in [0.4, 0.5) is 17.6 Å². The largest absolute Gasteiger partial charge is 0.271 e. The van der Waals surface area contributed by atoms with Gasteiger partial charge in [-0.15, -0.1) is 0 Å². The van der Waals surface area contributed by atoms with Gasteiger partial charge in [0.15, 0.2) is 0 Å². The number of hydrazine groups is 1. The first kappa shape index (κ1) is 15.7. The van der Waals surface area contributed by atoms with Gasteiger partial charge in [0, 0.05) is 24.4 Å². The molecule has 3 N–H and O–H groups in total. The number of alkyl halides is 2. The molecule has 1 aromatic rings. The Hall–Kier alpha value is -0.660. The predicted molar refractivity (Wildman–Crippen MR) is 71.2 cm³/mol. The molecule has 0 saturated heterocycles. The van der Waals surface area contributed by atoms with E-state index in [2.05, 4.69) is 21.4 Å². The molecule has 0 amide bonds. The van der Waals surface area contributed by atoms with Gasteiger partial charge < -0.3 is 0 Å². The highest BCUT2D eigenvalue weighted by Crippen LogP contribution is 2.41. The summed E-state index contributed by atoms with van der Waals surface area (Å²) in [5.41, 5.74) is 2.28. The molecule has 1 aliphatic rings. The second kappa shape index (κ2) is 5.99. The number of nitrogens with two attached hydrogens (primary N) is 1. The molecule has 0 spiro atoms. The van der Waals surface area contributed by atoms with Crippen LogP contribution in [0.25, 0.3) is 0 Å². The molecule has 2 unspecified atom stereocenters. The smallest absolute Gasteiger partial charge is 0.248 e. The molecule has 20 heavy (non-hydrogen) atoms. The minimum absolute atomic E-state index is 0.0612. The lowest BCUT2D eigenvalue weighted by Gasteiger charge is -2.23. The van der Waals surface area contributed by atoms with E-state index in [1.165, 1.54) is 6.07 Å². The van der Waals surface area contributed by atoms with Crippen molar-refractivity contribution in [3.8, 4) is 0 Å². The molecule has 1 aliphatic carbocycles. The van der Waals surface area contributed by atoms with Crippen molar-refractivity contribution < 1.29 is 17.6 Å². The van der Waals surface area contributed by atoms with Crippen molar-refractivity contribution in [3.63, 3.8) is 0 Å². The van der Waals surface area contributed by atoms with Crippen LogP contribution in [0.1, 0.15) is 24.8 Å². The quantitative estimate of drug-likeness (QED) is 0.375. The lowest BCUT2D eigenvalue weighted by Crippen LogP contribution is -2.42. The molecule has 1 fully saturated rings. The summed E-state index contributed by atoms with van der Waals surface area (Å²) in [6, 6.07) is 1.82. The van der Waals surface area contributed by atoms with Crippen molar-refractivity contribution in [1.82, 2.24) is 5.43 Å². The standard InChI is InChI=1S/C13H15BrF4N2/c14-9-1-2-10(15)8(12(9)16)5-11(20-19)7-3-4-13(17,18)6-7/h1-2,7,11,20H,3-6,19H2. The van der Waals surface area contributed by atoms with Gasteiger partial charge in [0.25, 0.3) is 0 Å². The highest BCUT2D eigenvalue weighted by atomic mass is 79.9. The Labute approximate surface area is 122 Å². The highest BCUT2D eigenvalue weighted by Gasteiger charge is 2.42. The zero-order valence-electron chi connectivity index (χ0n) is 10.6. The Kier molecular flexibility index (Phi) is 4.71. The summed E-state index contributed by atoms with van der Waals surface area (Å²) in [4.78, 5) is 0. The molecule has 112 valence electrons. The molecule has 0 radical (unpaired) electrons. The fourth-order valence-electron chi connectivity index (χ4n) is 2.67. The summed E-state index contributed by atoms with van der Waals surface area (Å²) >= 11 is 2.98. The summed E-state index contributed by atoms with van der Waals surface area (Å²) in [5.74, 6) is 0.855. The topological polar surface area (TPSA) is 38.0 Å². The molecule has 0 aliphatic heterocycles. The SMILES string of the molecule is NNC(Cc1c(F)ccc(Br)c1F)C1CCC(F)(F)C1. The van der Waals surface area contributed by atoms with Crippen molar-refractivity contribution in [1.29, 1.82) is 0 Å². The van der Waals surface area contributed by atoms with E-state index in [0.717, 1.165) is 6.07 Å². The third-order valence-electron chi connectivity index (χ3n) is 3.79. The molecule has 1 aromatic carbocycles. The Balaban J connectivity index is 2.17. The molecule has 0 heterocycles. The average molecular weight is 355 g/mol. The second-order valence-electron chi connectivity index (χ2n) is 5.16. The molecular weight excluding hydrogens is 340 g/mol. The molecule has 1 saturated carbocycles. The highest BCUT2D eigenvalue weighted by molar-refractivity contribution is 9.10. The molecular formula is C13H15BrF4N2.